The molecule has 0 saturated carbocycles. The lowest BCUT2D eigenvalue weighted by atomic mass is 10.1. The molecule has 0 aromatic heterocycles. The molecule has 0 radical (unpaired) electrons. The van der Waals surface area contributed by atoms with Gasteiger partial charge in [0.2, 0.25) is 5.91 Å². The maximum absolute atomic E-state index is 13.0. The van der Waals surface area contributed by atoms with Gasteiger partial charge in [-0.15, -0.1) is 0 Å². The van der Waals surface area contributed by atoms with Crippen molar-refractivity contribution >= 4 is 29.3 Å². The van der Waals surface area contributed by atoms with Gasteiger partial charge in [0.05, 0.1) is 12.2 Å². The number of amides is 2. The van der Waals surface area contributed by atoms with Crippen LogP contribution in [0.4, 0.5) is 15.8 Å². The minimum atomic E-state index is -0.657. The quantitative estimate of drug-likeness (QED) is 0.505. The average molecular weight is 461 g/mol. The minimum Gasteiger partial charge on any atom is -0.492 e. The number of anilines is 2. The first-order valence-electron chi connectivity index (χ1n) is 11.0. The Balaban J connectivity index is 1.42. The largest absolute Gasteiger partial charge is 0.492 e. The monoisotopic (exact) mass is 460 g/mol. The lowest BCUT2D eigenvalue weighted by Gasteiger charge is -2.33. The summed E-state index contributed by atoms with van der Waals surface area (Å²) in [6.07, 6.45) is 2.31. The van der Waals surface area contributed by atoms with Gasteiger partial charge in [-0.05, 0) is 67.4 Å². The number of rotatable bonds is 7. The van der Waals surface area contributed by atoms with Gasteiger partial charge in [-0.2, -0.15) is 0 Å². The van der Waals surface area contributed by atoms with Crippen LogP contribution in [-0.4, -0.2) is 31.1 Å². The number of benzene rings is 3. The van der Waals surface area contributed by atoms with E-state index in [4.69, 9.17) is 9.47 Å². The number of ether oxygens (including phenoxy) is 2. The summed E-state index contributed by atoms with van der Waals surface area (Å²) in [5, 5.41) is 2.78. The lowest BCUT2D eigenvalue weighted by molar-refractivity contribution is -0.125. The molecule has 0 saturated heterocycles. The smallest absolute Gasteiger partial charge is 0.267 e. The molecule has 3 aromatic carbocycles. The molecule has 0 aliphatic carbocycles. The van der Waals surface area contributed by atoms with Gasteiger partial charge in [0.25, 0.3) is 5.91 Å². The summed E-state index contributed by atoms with van der Waals surface area (Å²) in [6.45, 7) is 4.37. The van der Waals surface area contributed by atoms with Crippen molar-refractivity contribution in [2.45, 2.75) is 20.0 Å². The zero-order valence-corrected chi connectivity index (χ0v) is 19.0. The summed E-state index contributed by atoms with van der Waals surface area (Å²) in [4.78, 5) is 26.7. The van der Waals surface area contributed by atoms with Crippen LogP contribution >= 0.6 is 0 Å². The molecule has 3 aromatic rings. The molecule has 7 heteroatoms. The van der Waals surface area contributed by atoms with Crippen molar-refractivity contribution in [1.82, 2.24) is 0 Å². The Morgan fingerprint density at radius 1 is 1.15 bits per heavy atom. The summed E-state index contributed by atoms with van der Waals surface area (Å²) >= 11 is 0. The van der Waals surface area contributed by atoms with Crippen molar-refractivity contribution < 1.29 is 23.5 Å². The second-order valence-electron chi connectivity index (χ2n) is 7.97. The predicted octanol–water partition coefficient (Wildman–Crippen LogP) is 4.98. The standard InChI is InChI=1S/C27H25FN2O4/c1-18-4-3-5-23(16-18)33-15-14-30-24-12-11-22(17-25(24)34-19(2)27(30)32)29-26(31)13-8-20-6-9-21(28)10-7-20/h3-13,16-17,19H,14-15H2,1-2H3,(H,29,31)/b13-8+. The Morgan fingerprint density at radius 2 is 1.94 bits per heavy atom. The number of fused-ring (bicyclic) bond motifs is 1. The summed E-state index contributed by atoms with van der Waals surface area (Å²) < 4.78 is 24.6. The zero-order chi connectivity index (χ0) is 24.1. The van der Waals surface area contributed by atoms with Crippen LogP contribution in [0.3, 0.4) is 0 Å². The number of nitrogens with zero attached hydrogens (tertiary/aromatic N) is 1. The second-order valence-corrected chi connectivity index (χ2v) is 7.97. The van der Waals surface area contributed by atoms with Crippen LogP contribution in [0.5, 0.6) is 11.5 Å². The van der Waals surface area contributed by atoms with Crippen LogP contribution in [0.15, 0.2) is 72.8 Å². The zero-order valence-electron chi connectivity index (χ0n) is 19.0. The molecule has 1 aliphatic rings. The number of halogens is 1. The van der Waals surface area contributed by atoms with Crippen molar-refractivity contribution in [1.29, 1.82) is 0 Å². The topological polar surface area (TPSA) is 67.9 Å². The van der Waals surface area contributed by atoms with Crippen molar-refractivity contribution in [2.24, 2.45) is 0 Å². The maximum Gasteiger partial charge on any atom is 0.267 e. The highest BCUT2D eigenvalue weighted by atomic mass is 19.1. The first-order chi connectivity index (χ1) is 16.4. The number of aryl methyl sites for hydroxylation is 1. The lowest BCUT2D eigenvalue weighted by Crippen LogP contribution is -2.46. The van der Waals surface area contributed by atoms with E-state index in [1.54, 1.807) is 48.2 Å². The molecular weight excluding hydrogens is 435 g/mol. The second kappa shape index (κ2) is 10.2. The van der Waals surface area contributed by atoms with E-state index in [9.17, 15) is 14.0 Å². The van der Waals surface area contributed by atoms with Gasteiger partial charge in [0.1, 0.15) is 23.9 Å². The Labute approximate surface area is 197 Å². The summed E-state index contributed by atoms with van der Waals surface area (Å²) in [5.74, 6) is 0.426. The molecule has 4 rings (SSSR count). The maximum atomic E-state index is 13.0. The third-order valence-corrected chi connectivity index (χ3v) is 5.31. The molecule has 34 heavy (non-hydrogen) atoms. The summed E-state index contributed by atoms with van der Waals surface area (Å²) in [7, 11) is 0. The summed E-state index contributed by atoms with van der Waals surface area (Å²) in [6, 6.07) is 18.7. The fourth-order valence-electron chi connectivity index (χ4n) is 3.61. The van der Waals surface area contributed by atoms with Crippen LogP contribution in [0.2, 0.25) is 0 Å². The number of carbonyl (C=O) groups is 2. The van der Waals surface area contributed by atoms with Crippen LogP contribution in [-0.2, 0) is 9.59 Å². The van der Waals surface area contributed by atoms with Crippen LogP contribution < -0.4 is 19.7 Å². The van der Waals surface area contributed by atoms with E-state index < -0.39 is 6.10 Å². The number of hydrogen-bond acceptors (Lipinski definition) is 4. The van der Waals surface area contributed by atoms with Gasteiger partial charge in [-0.3, -0.25) is 9.59 Å². The molecule has 0 spiro atoms. The highest BCUT2D eigenvalue weighted by molar-refractivity contribution is 6.03. The van der Waals surface area contributed by atoms with Gasteiger partial charge in [-0.1, -0.05) is 24.3 Å². The van der Waals surface area contributed by atoms with Gasteiger partial charge >= 0.3 is 0 Å². The van der Waals surface area contributed by atoms with E-state index in [1.165, 1.54) is 18.2 Å². The van der Waals surface area contributed by atoms with Gasteiger partial charge in [0, 0.05) is 17.8 Å². The number of hydrogen-bond donors (Lipinski definition) is 1. The summed E-state index contributed by atoms with van der Waals surface area (Å²) in [5.41, 5.74) is 2.96. The van der Waals surface area contributed by atoms with Gasteiger partial charge < -0.3 is 19.7 Å². The average Bonchev–Trinajstić information content (AvgIpc) is 2.81. The fraction of sp³-hybridized carbons (Fsp3) is 0.185. The molecule has 1 unspecified atom stereocenters. The molecule has 6 nitrogen and oxygen atoms in total. The van der Waals surface area contributed by atoms with Gasteiger partial charge in [-0.25, -0.2) is 4.39 Å². The highest BCUT2D eigenvalue weighted by Gasteiger charge is 2.31. The van der Waals surface area contributed by atoms with Crippen molar-refractivity contribution in [3.8, 4) is 11.5 Å². The third kappa shape index (κ3) is 5.61. The number of nitrogens with one attached hydrogen (secondary N) is 1. The molecular formula is C27H25FN2O4. The van der Waals surface area contributed by atoms with Crippen LogP contribution in [0.25, 0.3) is 6.08 Å². The number of carbonyl (C=O) groups excluding carboxylic acids is 2. The molecule has 2 amide bonds. The van der Waals surface area contributed by atoms with Crippen molar-refractivity contribution in [3.63, 3.8) is 0 Å². The Hall–Kier alpha value is -4.13. The Bertz CT molecular complexity index is 1220. The SMILES string of the molecule is Cc1cccc(OCCN2C(=O)C(C)Oc3cc(NC(=O)/C=C/c4ccc(F)cc4)ccc32)c1. The minimum absolute atomic E-state index is 0.153. The molecule has 1 N–H and O–H groups in total. The molecule has 0 fully saturated rings. The normalized spacial score (nSPS) is 15.1. The van der Waals surface area contributed by atoms with Crippen molar-refractivity contribution in [3.05, 3.63) is 89.8 Å². The fourth-order valence-corrected chi connectivity index (χ4v) is 3.61. The van der Waals surface area contributed by atoms with E-state index in [0.29, 0.717) is 35.8 Å². The predicted molar refractivity (Wildman–Crippen MR) is 130 cm³/mol. The van der Waals surface area contributed by atoms with Crippen LogP contribution in [0.1, 0.15) is 18.1 Å². The van der Waals surface area contributed by atoms with Gasteiger partial charge in [0.15, 0.2) is 6.10 Å². The Kier molecular flexibility index (Phi) is 6.92. The molecule has 1 atom stereocenters. The molecule has 0 bridgehead atoms. The van der Waals surface area contributed by atoms with E-state index in [-0.39, 0.29) is 17.6 Å². The van der Waals surface area contributed by atoms with E-state index >= 15 is 0 Å². The molecule has 1 aliphatic heterocycles. The first-order valence-corrected chi connectivity index (χ1v) is 11.0. The van der Waals surface area contributed by atoms with E-state index in [2.05, 4.69) is 5.32 Å². The van der Waals surface area contributed by atoms with E-state index in [1.807, 2.05) is 31.2 Å². The van der Waals surface area contributed by atoms with E-state index in [0.717, 1.165) is 11.3 Å². The third-order valence-electron chi connectivity index (χ3n) is 5.31. The Morgan fingerprint density at radius 3 is 2.71 bits per heavy atom. The highest BCUT2D eigenvalue weighted by Crippen LogP contribution is 2.36. The molecule has 174 valence electrons. The molecule has 1 heterocycles. The first kappa shape index (κ1) is 23.0. The van der Waals surface area contributed by atoms with Crippen molar-refractivity contribution in [2.75, 3.05) is 23.4 Å². The van der Waals surface area contributed by atoms with Crippen LogP contribution in [0, 0.1) is 12.7 Å².